The molecule has 0 aliphatic rings. The van der Waals surface area contributed by atoms with Crippen molar-refractivity contribution in [1.29, 1.82) is 0 Å². The molecule has 0 bridgehead atoms. The van der Waals surface area contributed by atoms with Crippen molar-refractivity contribution in [1.82, 2.24) is 15.1 Å². The first kappa shape index (κ1) is 20.5. The van der Waals surface area contributed by atoms with Gasteiger partial charge in [0, 0.05) is 36.6 Å². The summed E-state index contributed by atoms with van der Waals surface area (Å²) in [4.78, 5) is 0. The summed E-state index contributed by atoms with van der Waals surface area (Å²) in [6, 6.07) is 5.21. The van der Waals surface area contributed by atoms with Crippen LogP contribution < -0.4 is 5.32 Å². The minimum Gasteiger partial charge on any atom is -0.382 e. The number of halogens is 2. The molecule has 0 aliphatic heterocycles. The van der Waals surface area contributed by atoms with Crippen LogP contribution in [0.15, 0.2) is 36.7 Å². The molecule has 1 heterocycles. The molecule has 2 unspecified atom stereocenters. The van der Waals surface area contributed by atoms with Gasteiger partial charge in [0.2, 0.25) is 0 Å². The Morgan fingerprint density at radius 3 is 2.73 bits per heavy atom. The molecule has 26 heavy (non-hydrogen) atoms. The van der Waals surface area contributed by atoms with Crippen molar-refractivity contribution >= 4 is 0 Å². The fraction of sp³-hybridized carbons (Fsp3) is 0.550. The Morgan fingerprint density at radius 2 is 2.08 bits per heavy atom. The Kier molecular flexibility index (Phi) is 7.72. The van der Waals surface area contributed by atoms with E-state index in [0.29, 0.717) is 0 Å². The number of hydrogen-bond donors (Lipinski definition) is 2. The minimum atomic E-state index is -1.53. The monoisotopic (exact) mass is 365 g/mol. The number of aliphatic hydroxyl groups is 1. The van der Waals surface area contributed by atoms with Crippen molar-refractivity contribution in [3.8, 4) is 0 Å². The van der Waals surface area contributed by atoms with Gasteiger partial charge in [-0.2, -0.15) is 5.10 Å². The number of nitrogens with zero attached hydrogens (tertiary/aromatic N) is 2. The van der Waals surface area contributed by atoms with E-state index in [-0.39, 0.29) is 24.7 Å². The normalized spacial score (nSPS) is 15.0. The molecule has 0 spiro atoms. The topological polar surface area (TPSA) is 50.1 Å². The van der Waals surface area contributed by atoms with Gasteiger partial charge in [0.05, 0.1) is 6.54 Å². The molecule has 144 valence electrons. The molecule has 1 aromatic carbocycles. The van der Waals surface area contributed by atoms with Gasteiger partial charge in [-0.1, -0.05) is 38.7 Å². The lowest BCUT2D eigenvalue weighted by atomic mass is 9.92. The molecular weight excluding hydrogens is 336 g/mol. The third kappa shape index (κ3) is 5.88. The second-order valence-corrected chi connectivity index (χ2v) is 6.99. The highest BCUT2D eigenvalue weighted by molar-refractivity contribution is 5.25. The Balaban J connectivity index is 2.08. The highest BCUT2D eigenvalue weighted by Gasteiger charge is 2.33. The molecule has 0 amide bonds. The van der Waals surface area contributed by atoms with Crippen LogP contribution in [0, 0.1) is 11.6 Å². The van der Waals surface area contributed by atoms with E-state index in [0.717, 1.165) is 18.9 Å². The summed E-state index contributed by atoms with van der Waals surface area (Å²) in [6.07, 6.45) is 9.01. The summed E-state index contributed by atoms with van der Waals surface area (Å²) in [5.74, 6) is -1.41. The van der Waals surface area contributed by atoms with Crippen molar-refractivity contribution in [3.05, 3.63) is 53.9 Å². The number of unbranched alkanes of at least 4 members (excludes halogenated alkanes) is 3. The Morgan fingerprint density at radius 1 is 1.27 bits per heavy atom. The Hall–Kier alpha value is -1.79. The van der Waals surface area contributed by atoms with Crippen molar-refractivity contribution < 1.29 is 13.9 Å². The predicted molar refractivity (Wildman–Crippen MR) is 98.7 cm³/mol. The fourth-order valence-electron chi connectivity index (χ4n) is 3.09. The lowest BCUT2D eigenvalue weighted by Crippen LogP contribution is -2.45. The minimum absolute atomic E-state index is 0.0695. The lowest BCUT2D eigenvalue weighted by Gasteiger charge is -2.31. The van der Waals surface area contributed by atoms with Crippen LogP contribution in [0.1, 0.15) is 51.5 Å². The summed E-state index contributed by atoms with van der Waals surface area (Å²) >= 11 is 0. The third-order valence-electron chi connectivity index (χ3n) is 4.65. The SMILES string of the molecule is CCCCCCC(C)NCC(O)(Cn1cccn1)c1ccc(F)cc1F. The molecule has 2 rings (SSSR count). The van der Waals surface area contributed by atoms with E-state index in [9.17, 15) is 13.9 Å². The quantitative estimate of drug-likeness (QED) is 0.592. The van der Waals surface area contributed by atoms with Crippen LogP contribution >= 0.6 is 0 Å². The summed E-state index contributed by atoms with van der Waals surface area (Å²) in [5, 5.41) is 18.6. The molecule has 2 atom stereocenters. The summed E-state index contributed by atoms with van der Waals surface area (Å²) in [7, 11) is 0. The van der Waals surface area contributed by atoms with Gasteiger partial charge < -0.3 is 10.4 Å². The average molecular weight is 365 g/mol. The van der Waals surface area contributed by atoms with Crippen molar-refractivity contribution in [2.75, 3.05) is 6.54 Å². The molecule has 0 fully saturated rings. The maximum atomic E-state index is 14.3. The molecule has 2 aromatic rings. The molecule has 1 aromatic heterocycles. The van der Waals surface area contributed by atoms with Crippen LogP contribution in [-0.4, -0.2) is 27.5 Å². The smallest absolute Gasteiger partial charge is 0.132 e. The van der Waals surface area contributed by atoms with Crippen LogP contribution in [-0.2, 0) is 12.1 Å². The molecule has 4 nitrogen and oxygen atoms in total. The molecule has 0 saturated heterocycles. The molecule has 0 radical (unpaired) electrons. The number of rotatable bonds is 11. The summed E-state index contributed by atoms with van der Waals surface area (Å²) in [5.41, 5.74) is -1.46. The van der Waals surface area contributed by atoms with E-state index in [2.05, 4.69) is 24.3 Å². The summed E-state index contributed by atoms with van der Waals surface area (Å²) < 4.78 is 29.2. The molecule has 0 aliphatic carbocycles. The standard InChI is InChI=1S/C20H29F2N3O/c1-3-4-5-6-8-16(2)23-14-20(26,15-25-12-7-11-24-25)18-10-9-17(21)13-19(18)22/h7,9-13,16,23,26H,3-6,8,14-15H2,1-2H3. The first-order valence-corrected chi connectivity index (χ1v) is 9.33. The van der Waals surface area contributed by atoms with Gasteiger partial charge in [0.25, 0.3) is 0 Å². The van der Waals surface area contributed by atoms with E-state index in [1.165, 1.54) is 31.4 Å². The highest BCUT2D eigenvalue weighted by atomic mass is 19.1. The molecule has 6 heteroatoms. The summed E-state index contributed by atoms with van der Waals surface area (Å²) in [6.45, 7) is 4.47. The van der Waals surface area contributed by atoms with E-state index in [1.807, 2.05) is 0 Å². The largest absolute Gasteiger partial charge is 0.382 e. The van der Waals surface area contributed by atoms with Crippen molar-refractivity contribution in [2.45, 2.75) is 64.1 Å². The first-order valence-electron chi connectivity index (χ1n) is 9.33. The van der Waals surface area contributed by atoms with Crippen LogP contribution in [0.5, 0.6) is 0 Å². The fourth-order valence-corrected chi connectivity index (χ4v) is 3.09. The van der Waals surface area contributed by atoms with E-state index in [1.54, 1.807) is 23.1 Å². The molecule has 0 saturated carbocycles. The third-order valence-corrected chi connectivity index (χ3v) is 4.65. The number of aromatic nitrogens is 2. The Labute approximate surface area is 154 Å². The second-order valence-electron chi connectivity index (χ2n) is 6.99. The molecule has 2 N–H and O–H groups in total. The number of benzene rings is 1. The average Bonchev–Trinajstić information content (AvgIpc) is 3.09. The molecular formula is C20H29F2N3O. The van der Waals surface area contributed by atoms with Gasteiger partial charge >= 0.3 is 0 Å². The van der Waals surface area contributed by atoms with Gasteiger partial charge in [-0.15, -0.1) is 0 Å². The van der Waals surface area contributed by atoms with Gasteiger partial charge in [0.1, 0.15) is 17.2 Å². The number of nitrogens with one attached hydrogen (secondary N) is 1. The zero-order chi connectivity index (χ0) is 19.0. The van der Waals surface area contributed by atoms with E-state index in [4.69, 9.17) is 0 Å². The number of hydrogen-bond acceptors (Lipinski definition) is 3. The van der Waals surface area contributed by atoms with Crippen LogP contribution in [0.2, 0.25) is 0 Å². The lowest BCUT2D eigenvalue weighted by molar-refractivity contribution is 0.00977. The van der Waals surface area contributed by atoms with Crippen LogP contribution in [0.3, 0.4) is 0 Å². The van der Waals surface area contributed by atoms with Gasteiger partial charge in [0.15, 0.2) is 0 Å². The maximum absolute atomic E-state index is 14.3. The van der Waals surface area contributed by atoms with Gasteiger partial charge in [-0.25, -0.2) is 8.78 Å². The van der Waals surface area contributed by atoms with Gasteiger partial charge in [-0.3, -0.25) is 4.68 Å². The van der Waals surface area contributed by atoms with Crippen molar-refractivity contribution in [2.24, 2.45) is 0 Å². The van der Waals surface area contributed by atoms with Crippen molar-refractivity contribution in [3.63, 3.8) is 0 Å². The predicted octanol–water partition coefficient (Wildman–Crippen LogP) is 4.00. The second kappa shape index (κ2) is 9.78. The van der Waals surface area contributed by atoms with E-state index >= 15 is 0 Å². The maximum Gasteiger partial charge on any atom is 0.132 e. The zero-order valence-electron chi connectivity index (χ0n) is 15.6. The zero-order valence-corrected chi connectivity index (χ0v) is 15.6. The first-order chi connectivity index (χ1) is 12.4. The van der Waals surface area contributed by atoms with E-state index < -0.39 is 17.2 Å². The van der Waals surface area contributed by atoms with Crippen LogP contribution in [0.4, 0.5) is 8.78 Å². The van der Waals surface area contributed by atoms with Crippen LogP contribution in [0.25, 0.3) is 0 Å². The highest BCUT2D eigenvalue weighted by Crippen LogP contribution is 2.26. The van der Waals surface area contributed by atoms with Gasteiger partial charge in [-0.05, 0) is 25.5 Å². The Bertz CT molecular complexity index is 663.